The minimum Gasteiger partial charge on any atom is -0.457 e. The summed E-state index contributed by atoms with van der Waals surface area (Å²) in [5.74, 6) is 1.70. The van der Waals surface area contributed by atoms with Crippen LogP contribution in [0.3, 0.4) is 0 Å². The molecule has 2 aliphatic rings. The molecule has 1 aliphatic carbocycles. The predicted molar refractivity (Wildman–Crippen MR) is 202 cm³/mol. The van der Waals surface area contributed by atoms with Gasteiger partial charge in [-0.15, -0.1) is 0 Å². The molecule has 1 aliphatic heterocycles. The third-order valence-corrected chi connectivity index (χ3v) is 14.8. The van der Waals surface area contributed by atoms with Crippen LogP contribution in [0.1, 0.15) is 129 Å². The van der Waals surface area contributed by atoms with Gasteiger partial charge in [-0.2, -0.15) is 0 Å². The fourth-order valence-corrected chi connectivity index (χ4v) is 8.91. The second-order valence-electron chi connectivity index (χ2n) is 17.5. The van der Waals surface area contributed by atoms with Crippen molar-refractivity contribution in [3.63, 3.8) is 0 Å². The summed E-state index contributed by atoms with van der Waals surface area (Å²) in [5, 5.41) is 0. The summed E-state index contributed by atoms with van der Waals surface area (Å²) >= 11 is 7.48. The molecule has 0 atom stereocenters. The molecule has 0 N–H and O–H groups in total. The summed E-state index contributed by atoms with van der Waals surface area (Å²) in [6.07, 6.45) is 0. The molecule has 4 aromatic rings. The first-order valence-electron chi connectivity index (χ1n) is 16.8. The van der Waals surface area contributed by atoms with E-state index in [-0.39, 0.29) is 32.5 Å². The van der Waals surface area contributed by atoms with Crippen LogP contribution in [-0.4, -0.2) is 9.97 Å². The first kappa shape index (κ1) is 34.4. The summed E-state index contributed by atoms with van der Waals surface area (Å²) in [6, 6.07) is 24.1. The molecule has 47 heavy (non-hydrogen) atoms. The van der Waals surface area contributed by atoms with Crippen molar-refractivity contribution in [2.45, 2.75) is 112 Å². The van der Waals surface area contributed by atoms with E-state index >= 15 is 0 Å². The minimum atomic E-state index is -0.851. The Morgan fingerprint density at radius 1 is 0.574 bits per heavy atom. The first-order valence-corrected chi connectivity index (χ1v) is 18.4. The van der Waals surface area contributed by atoms with Crippen molar-refractivity contribution >= 4 is 31.9 Å². The maximum absolute atomic E-state index is 7.03. The number of aromatic nitrogens is 2. The van der Waals surface area contributed by atoms with Crippen molar-refractivity contribution < 1.29 is 4.74 Å². The Hall–Kier alpha value is -2.50. The van der Waals surface area contributed by atoms with Gasteiger partial charge in [0, 0.05) is 11.1 Å². The van der Waals surface area contributed by atoms with E-state index < -0.39 is 5.41 Å². The number of hydrogen-bond donors (Lipinski definition) is 0. The molecule has 248 valence electrons. The van der Waals surface area contributed by atoms with Gasteiger partial charge in [0.25, 0.3) is 0 Å². The SMILES string of the molecule is CC(C)(C)C(C)(C)C(C)(C)c1ccc2c(c1)C(c1cccc(Br)n1)(c1cccc(Br)n1)c1cc3c(cc1O2)C(C)(C)C(C)(C)C3(C)C. The van der Waals surface area contributed by atoms with E-state index in [4.69, 9.17) is 14.7 Å². The maximum atomic E-state index is 7.03. The van der Waals surface area contributed by atoms with E-state index in [0.29, 0.717) is 0 Å². The van der Waals surface area contributed by atoms with Crippen LogP contribution in [0, 0.1) is 16.2 Å². The monoisotopic (exact) mass is 756 g/mol. The van der Waals surface area contributed by atoms with Crippen LogP contribution in [0.2, 0.25) is 0 Å². The molecule has 0 radical (unpaired) electrons. The minimum absolute atomic E-state index is 0.000422. The molecule has 2 aromatic carbocycles. The smallest absolute Gasteiger partial charge is 0.132 e. The van der Waals surface area contributed by atoms with Gasteiger partial charge in [0.15, 0.2) is 0 Å². The van der Waals surface area contributed by atoms with Crippen molar-refractivity contribution in [1.29, 1.82) is 0 Å². The summed E-state index contributed by atoms with van der Waals surface area (Å²) in [5.41, 5.74) is 6.76. The standard InChI is InChI=1S/C42H50Br2N2O/c1-36(2,3)40(10,11)37(4,5)25-20-21-30-28(22-25)42(32-16-14-18-34(43)45-32,33-17-15-19-35(44)46-33)29-23-26-27(24-31(29)47-30)39(8,9)41(12,13)38(26,6)7/h14-24H,1-13H3. The van der Waals surface area contributed by atoms with E-state index in [1.54, 1.807) is 0 Å². The van der Waals surface area contributed by atoms with E-state index in [0.717, 1.165) is 43.2 Å². The van der Waals surface area contributed by atoms with Gasteiger partial charge < -0.3 is 4.74 Å². The number of hydrogen-bond acceptors (Lipinski definition) is 3. The van der Waals surface area contributed by atoms with Gasteiger partial charge in [0.05, 0.1) is 11.4 Å². The van der Waals surface area contributed by atoms with Crippen LogP contribution in [0.25, 0.3) is 0 Å². The zero-order valence-corrected chi connectivity index (χ0v) is 33.6. The number of pyridine rings is 2. The van der Waals surface area contributed by atoms with Crippen LogP contribution in [0.15, 0.2) is 75.9 Å². The van der Waals surface area contributed by atoms with Crippen LogP contribution in [0.4, 0.5) is 0 Å². The third kappa shape index (κ3) is 4.54. The number of fused-ring (bicyclic) bond motifs is 3. The molecule has 3 nitrogen and oxygen atoms in total. The Balaban J connectivity index is 1.79. The normalized spacial score (nSPS) is 19.0. The van der Waals surface area contributed by atoms with Gasteiger partial charge in [-0.25, -0.2) is 9.97 Å². The molecule has 0 saturated heterocycles. The fraction of sp³-hybridized carbons (Fsp3) is 0.476. The van der Waals surface area contributed by atoms with Crippen LogP contribution in [0.5, 0.6) is 11.5 Å². The molecule has 0 amide bonds. The zero-order chi connectivity index (χ0) is 34.8. The molecule has 0 bridgehead atoms. The lowest BCUT2D eigenvalue weighted by Crippen LogP contribution is -2.46. The molecule has 0 unspecified atom stereocenters. The van der Waals surface area contributed by atoms with Gasteiger partial charge in [-0.1, -0.05) is 108 Å². The molecular formula is C42H50Br2N2O. The molecule has 0 spiro atoms. The highest BCUT2D eigenvalue weighted by Gasteiger charge is 2.59. The quantitative estimate of drug-likeness (QED) is 0.171. The summed E-state index contributed by atoms with van der Waals surface area (Å²) in [7, 11) is 0. The zero-order valence-electron chi connectivity index (χ0n) is 30.4. The summed E-state index contributed by atoms with van der Waals surface area (Å²) < 4.78 is 8.60. The largest absolute Gasteiger partial charge is 0.457 e. The molecule has 0 saturated carbocycles. The molecule has 2 aromatic heterocycles. The van der Waals surface area contributed by atoms with Crippen molar-refractivity contribution in [3.05, 3.63) is 115 Å². The topological polar surface area (TPSA) is 35.0 Å². The second-order valence-corrected chi connectivity index (χ2v) is 19.1. The number of nitrogens with zero attached hydrogens (tertiary/aromatic N) is 2. The van der Waals surface area contributed by atoms with Gasteiger partial charge in [-0.3, -0.25) is 0 Å². The summed E-state index contributed by atoms with van der Waals surface area (Å²) in [6.45, 7) is 31.0. The van der Waals surface area contributed by atoms with Crippen molar-refractivity contribution in [3.8, 4) is 11.5 Å². The molecule has 6 rings (SSSR count). The molecule has 0 fully saturated rings. The predicted octanol–water partition coefficient (Wildman–Crippen LogP) is 12.4. The number of halogens is 2. The number of rotatable bonds is 4. The van der Waals surface area contributed by atoms with Gasteiger partial charge in [0.2, 0.25) is 0 Å². The van der Waals surface area contributed by atoms with Gasteiger partial charge in [-0.05, 0) is 130 Å². The number of ether oxygens (including phenoxy) is 1. The van der Waals surface area contributed by atoms with Crippen LogP contribution < -0.4 is 4.74 Å². The average Bonchev–Trinajstić information content (AvgIpc) is 3.07. The van der Waals surface area contributed by atoms with E-state index in [9.17, 15) is 0 Å². The molecule has 3 heterocycles. The lowest BCUT2D eigenvalue weighted by Gasteiger charge is -2.51. The Bertz CT molecular complexity index is 1860. The van der Waals surface area contributed by atoms with E-state index in [1.807, 2.05) is 12.1 Å². The highest BCUT2D eigenvalue weighted by molar-refractivity contribution is 9.10. The average molecular weight is 759 g/mol. The highest BCUT2D eigenvalue weighted by atomic mass is 79.9. The Labute approximate surface area is 299 Å². The lowest BCUT2D eigenvalue weighted by molar-refractivity contribution is 0.0455. The molecular weight excluding hydrogens is 708 g/mol. The fourth-order valence-electron chi connectivity index (χ4n) is 8.23. The van der Waals surface area contributed by atoms with Crippen molar-refractivity contribution in [2.24, 2.45) is 16.2 Å². The van der Waals surface area contributed by atoms with Crippen molar-refractivity contribution in [1.82, 2.24) is 9.97 Å². The van der Waals surface area contributed by atoms with Crippen LogP contribution >= 0.6 is 31.9 Å². The van der Waals surface area contributed by atoms with Gasteiger partial charge >= 0.3 is 0 Å². The maximum Gasteiger partial charge on any atom is 0.132 e. The lowest BCUT2D eigenvalue weighted by atomic mass is 9.53. The first-order chi connectivity index (χ1) is 21.5. The summed E-state index contributed by atoms with van der Waals surface area (Å²) in [4.78, 5) is 10.5. The second kappa shape index (κ2) is 10.5. The Morgan fingerprint density at radius 2 is 1.06 bits per heavy atom. The number of benzene rings is 2. The third-order valence-electron chi connectivity index (χ3n) is 14.0. The van der Waals surface area contributed by atoms with Gasteiger partial charge in [0.1, 0.15) is 26.1 Å². The van der Waals surface area contributed by atoms with Crippen LogP contribution in [-0.2, 0) is 21.7 Å². The molecule has 5 heteroatoms. The Kier molecular flexibility index (Phi) is 7.68. The highest BCUT2D eigenvalue weighted by Crippen LogP contribution is 2.65. The van der Waals surface area contributed by atoms with E-state index in [1.165, 1.54) is 16.7 Å². The van der Waals surface area contributed by atoms with E-state index in [2.05, 4.69) is 176 Å². The Morgan fingerprint density at radius 3 is 1.55 bits per heavy atom. The van der Waals surface area contributed by atoms with Crippen molar-refractivity contribution in [2.75, 3.05) is 0 Å².